The van der Waals surface area contributed by atoms with E-state index in [-0.39, 0.29) is 0 Å². The highest BCUT2D eigenvalue weighted by Gasteiger charge is 2.21. The van der Waals surface area contributed by atoms with Crippen molar-refractivity contribution in [2.24, 2.45) is 5.92 Å². The second-order valence-corrected chi connectivity index (χ2v) is 6.67. The average molecular weight is 310 g/mol. The number of hydrogen-bond acceptors (Lipinski definition) is 1. The third-order valence-electron chi connectivity index (χ3n) is 3.96. The molecular formula is C16H24BrN. The fourth-order valence-corrected chi connectivity index (χ4v) is 3.32. The normalized spacial score (nSPS) is 18.4. The van der Waals surface area contributed by atoms with Gasteiger partial charge >= 0.3 is 0 Å². The summed E-state index contributed by atoms with van der Waals surface area (Å²) in [5, 5.41) is 0. The Labute approximate surface area is 120 Å². The first-order valence-corrected chi connectivity index (χ1v) is 7.93. The summed E-state index contributed by atoms with van der Waals surface area (Å²) in [5.74, 6) is 1.57. The molecule has 0 saturated carbocycles. The molecule has 0 atom stereocenters. The van der Waals surface area contributed by atoms with Gasteiger partial charge in [-0.15, -0.1) is 0 Å². The van der Waals surface area contributed by atoms with Crippen LogP contribution in [0.15, 0.2) is 28.7 Å². The number of hydrogen-bond donors (Lipinski definition) is 0. The van der Waals surface area contributed by atoms with E-state index in [1.54, 1.807) is 0 Å². The van der Waals surface area contributed by atoms with Crippen molar-refractivity contribution in [3.05, 3.63) is 34.3 Å². The maximum atomic E-state index is 3.68. The molecule has 1 heterocycles. The number of likely N-dealkylation sites (tertiary alicyclic amines) is 1. The first kappa shape index (κ1) is 14.1. The molecule has 0 amide bonds. The van der Waals surface area contributed by atoms with E-state index < -0.39 is 0 Å². The Morgan fingerprint density at radius 2 is 1.89 bits per heavy atom. The van der Waals surface area contributed by atoms with E-state index in [2.05, 4.69) is 58.9 Å². The van der Waals surface area contributed by atoms with Gasteiger partial charge in [-0.2, -0.15) is 0 Å². The highest BCUT2D eigenvalue weighted by Crippen LogP contribution is 2.32. The quantitative estimate of drug-likeness (QED) is 0.781. The van der Waals surface area contributed by atoms with Gasteiger partial charge in [0.15, 0.2) is 0 Å². The van der Waals surface area contributed by atoms with E-state index >= 15 is 0 Å². The van der Waals surface area contributed by atoms with Crippen LogP contribution in [0.25, 0.3) is 0 Å². The number of piperidine rings is 1. The predicted molar refractivity (Wildman–Crippen MR) is 82.0 cm³/mol. The molecule has 0 spiro atoms. The molecule has 1 aromatic carbocycles. The standard InChI is InChI=1S/C16H24BrN/c1-13(2)7-10-18-11-8-14(9-12-18)15-5-3-4-6-16(15)17/h3-6,13-14H,7-12H2,1-2H3. The molecule has 2 rings (SSSR count). The van der Waals surface area contributed by atoms with Crippen molar-refractivity contribution in [3.63, 3.8) is 0 Å². The highest BCUT2D eigenvalue weighted by atomic mass is 79.9. The van der Waals surface area contributed by atoms with Crippen LogP contribution in [0.1, 0.15) is 44.6 Å². The Kier molecular flexibility index (Phi) is 5.25. The summed E-state index contributed by atoms with van der Waals surface area (Å²) in [7, 11) is 0. The van der Waals surface area contributed by atoms with E-state index in [4.69, 9.17) is 0 Å². The largest absolute Gasteiger partial charge is 0.303 e. The first-order chi connectivity index (χ1) is 8.66. The molecule has 1 aliphatic heterocycles. The predicted octanol–water partition coefficient (Wildman–Crippen LogP) is 4.67. The summed E-state index contributed by atoms with van der Waals surface area (Å²) in [6, 6.07) is 8.70. The van der Waals surface area contributed by atoms with Crippen molar-refractivity contribution in [2.75, 3.05) is 19.6 Å². The minimum absolute atomic E-state index is 0.746. The SMILES string of the molecule is CC(C)CCN1CCC(c2ccccc2Br)CC1. The summed E-state index contributed by atoms with van der Waals surface area (Å²) >= 11 is 3.68. The summed E-state index contributed by atoms with van der Waals surface area (Å²) in [6.45, 7) is 8.43. The van der Waals surface area contributed by atoms with Crippen molar-refractivity contribution in [1.29, 1.82) is 0 Å². The third kappa shape index (κ3) is 3.83. The average Bonchev–Trinajstić information content (AvgIpc) is 2.38. The molecule has 0 unspecified atom stereocenters. The molecule has 100 valence electrons. The molecule has 0 radical (unpaired) electrons. The van der Waals surface area contributed by atoms with Crippen molar-refractivity contribution >= 4 is 15.9 Å². The van der Waals surface area contributed by atoms with Gasteiger partial charge in [-0.1, -0.05) is 48.0 Å². The Morgan fingerprint density at radius 1 is 1.22 bits per heavy atom. The minimum atomic E-state index is 0.746. The van der Waals surface area contributed by atoms with E-state index in [0.29, 0.717) is 0 Å². The fourth-order valence-electron chi connectivity index (χ4n) is 2.71. The molecule has 1 aliphatic rings. The number of benzene rings is 1. The smallest absolute Gasteiger partial charge is 0.0210 e. The van der Waals surface area contributed by atoms with Crippen molar-refractivity contribution < 1.29 is 0 Å². The van der Waals surface area contributed by atoms with Crippen LogP contribution in [0, 0.1) is 5.92 Å². The van der Waals surface area contributed by atoms with E-state index in [0.717, 1.165) is 11.8 Å². The van der Waals surface area contributed by atoms with Crippen LogP contribution in [0.3, 0.4) is 0 Å². The molecule has 1 nitrogen and oxygen atoms in total. The van der Waals surface area contributed by atoms with Crippen LogP contribution >= 0.6 is 15.9 Å². The van der Waals surface area contributed by atoms with Crippen molar-refractivity contribution in [2.45, 2.75) is 39.0 Å². The van der Waals surface area contributed by atoms with Gasteiger partial charge in [0.2, 0.25) is 0 Å². The lowest BCUT2D eigenvalue weighted by molar-refractivity contribution is 0.202. The maximum absolute atomic E-state index is 3.68. The molecule has 0 aliphatic carbocycles. The summed E-state index contributed by atoms with van der Waals surface area (Å²) in [5.41, 5.74) is 1.50. The molecule has 1 fully saturated rings. The maximum Gasteiger partial charge on any atom is 0.0210 e. The van der Waals surface area contributed by atoms with Crippen LogP contribution in [0.4, 0.5) is 0 Å². The number of rotatable bonds is 4. The van der Waals surface area contributed by atoms with E-state index in [9.17, 15) is 0 Å². The van der Waals surface area contributed by atoms with Gasteiger partial charge in [0.1, 0.15) is 0 Å². The number of nitrogens with zero attached hydrogens (tertiary/aromatic N) is 1. The Hall–Kier alpha value is -0.340. The fraction of sp³-hybridized carbons (Fsp3) is 0.625. The van der Waals surface area contributed by atoms with Crippen LogP contribution in [-0.4, -0.2) is 24.5 Å². The topological polar surface area (TPSA) is 3.24 Å². The lowest BCUT2D eigenvalue weighted by Crippen LogP contribution is -2.34. The molecule has 1 saturated heterocycles. The van der Waals surface area contributed by atoms with Gasteiger partial charge in [-0.3, -0.25) is 0 Å². The van der Waals surface area contributed by atoms with Gasteiger partial charge in [0.05, 0.1) is 0 Å². The monoisotopic (exact) mass is 309 g/mol. The Balaban J connectivity index is 1.85. The Morgan fingerprint density at radius 3 is 2.50 bits per heavy atom. The zero-order valence-corrected chi connectivity index (χ0v) is 13.1. The van der Waals surface area contributed by atoms with Gasteiger partial charge in [0.25, 0.3) is 0 Å². The highest BCUT2D eigenvalue weighted by molar-refractivity contribution is 9.10. The lowest BCUT2D eigenvalue weighted by atomic mass is 9.89. The molecule has 0 bridgehead atoms. The zero-order chi connectivity index (χ0) is 13.0. The van der Waals surface area contributed by atoms with Gasteiger partial charge in [-0.05, 0) is 62.4 Å². The van der Waals surface area contributed by atoms with Crippen molar-refractivity contribution in [3.8, 4) is 0 Å². The summed E-state index contributed by atoms with van der Waals surface area (Å²) in [6.07, 6.45) is 3.95. The summed E-state index contributed by atoms with van der Waals surface area (Å²) < 4.78 is 1.28. The molecule has 1 aromatic rings. The minimum Gasteiger partial charge on any atom is -0.303 e. The molecule has 0 N–H and O–H groups in total. The third-order valence-corrected chi connectivity index (χ3v) is 4.68. The molecular weight excluding hydrogens is 286 g/mol. The first-order valence-electron chi connectivity index (χ1n) is 7.13. The van der Waals surface area contributed by atoms with E-state index in [1.165, 1.54) is 48.9 Å². The number of halogens is 1. The Bertz CT molecular complexity index is 367. The van der Waals surface area contributed by atoms with Crippen LogP contribution in [0.2, 0.25) is 0 Å². The lowest BCUT2D eigenvalue weighted by Gasteiger charge is -2.33. The van der Waals surface area contributed by atoms with Gasteiger partial charge < -0.3 is 4.90 Å². The van der Waals surface area contributed by atoms with Crippen LogP contribution in [-0.2, 0) is 0 Å². The van der Waals surface area contributed by atoms with Crippen LogP contribution < -0.4 is 0 Å². The van der Waals surface area contributed by atoms with Gasteiger partial charge in [-0.25, -0.2) is 0 Å². The van der Waals surface area contributed by atoms with Gasteiger partial charge in [0, 0.05) is 4.47 Å². The molecule has 18 heavy (non-hydrogen) atoms. The van der Waals surface area contributed by atoms with Crippen molar-refractivity contribution in [1.82, 2.24) is 4.90 Å². The van der Waals surface area contributed by atoms with E-state index in [1.807, 2.05) is 0 Å². The van der Waals surface area contributed by atoms with Crippen LogP contribution in [0.5, 0.6) is 0 Å². The second-order valence-electron chi connectivity index (χ2n) is 5.82. The molecule has 0 aromatic heterocycles. The second kappa shape index (κ2) is 6.72. The zero-order valence-electron chi connectivity index (χ0n) is 11.5. The molecule has 2 heteroatoms. The summed E-state index contributed by atoms with van der Waals surface area (Å²) in [4.78, 5) is 2.63.